The Hall–Kier alpha value is -11.9. The van der Waals surface area contributed by atoms with Crippen molar-refractivity contribution in [1.82, 2.24) is 63.1 Å². The number of amides is 13. The molecule has 15 rings (SSSR count). The number of hydrogen-bond donors (Lipinski definition) is 17. The lowest BCUT2D eigenvalue weighted by Crippen LogP contribution is -2.54. The second kappa shape index (κ2) is 47.6. The minimum Gasteiger partial charge on any atom is -0.478 e. The van der Waals surface area contributed by atoms with Crippen molar-refractivity contribution >= 4 is 151 Å². The van der Waals surface area contributed by atoms with Gasteiger partial charge in [0, 0.05) is 111 Å². The number of ketones is 1. The number of piperidine rings is 4. The molecule has 0 unspecified atom stereocenters. The Kier molecular flexibility index (Phi) is 36.1. The maximum absolute atomic E-state index is 13.2. The lowest BCUT2D eigenvalue weighted by atomic mass is 9.84. The Balaban J connectivity index is 0.000000161. The van der Waals surface area contributed by atoms with E-state index in [-0.39, 0.29) is 104 Å². The van der Waals surface area contributed by atoms with E-state index in [2.05, 4.69) is 69.2 Å². The largest absolute Gasteiger partial charge is 0.478 e. The van der Waals surface area contributed by atoms with Crippen LogP contribution in [0.2, 0.25) is 15.1 Å². The molecule has 696 valence electrons. The second-order valence-corrected chi connectivity index (χ2v) is 36.6. The molecule has 0 bridgehead atoms. The van der Waals surface area contributed by atoms with Gasteiger partial charge in [0.1, 0.15) is 48.2 Å². The molecule has 8 fully saturated rings. The van der Waals surface area contributed by atoms with Crippen molar-refractivity contribution in [2.24, 2.45) is 76.2 Å². The van der Waals surface area contributed by atoms with E-state index in [1.165, 1.54) is 0 Å². The van der Waals surface area contributed by atoms with Crippen LogP contribution >= 0.6 is 34.8 Å². The number of ether oxygens (including phenoxy) is 1. The molecule has 12 atom stereocenters. The molecule has 4 aromatic carbocycles. The van der Waals surface area contributed by atoms with Gasteiger partial charge in [0.2, 0.25) is 59.1 Å². The number of benzene rings is 4. The van der Waals surface area contributed by atoms with Gasteiger partial charge in [0.25, 0.3) is 11.8 Å². The number of halogens is 3. The van der Waals surface area contributed by atoms with Gasteiger partial charge >= 0.3 is 12.1 Å². The number of nitrogens with two attached hydrogens (primary N) is 4. The number of carboxylic acid groups (broad SMARTS) is 1. The smallest absolute Gasteiger partial charge is 0.408 e. The van der Waals surface area contributed by atoms with Crippen molar-refractivity contribution in [3.05, 3.63) is 146 Å². The van der Waals surface area contributed by atoms with Gasteiger partial charge in [0.15, 0.2) is 5.78 Å². The minimum absolute atomic E-state index is 0.0764. The van der Waals surface area contributed by atoms with Gasteiger partial charge in [-0.25, -0.2) is 9.59 Å². The van der Waals surface area contributed by atoms with Gasteiger partial charge in [-0.3, -0.25) is 62.3 Å². The highest BCUT2D eigenvalue weighted by Crippen LogP contribution is 2.38. The Morgan fingerprint density at radius 3 is 1.34 bits per heavy atom. The van der Waals surface area contributed by atoms with Crippen LogP contribution in [0.5, 0.6) is 0 Å². The first-order valence-corrected chi connectivity index (χ1v) is 45.9. The van der Waals surface area contributed by atoms with Crippen LogP contribution < -0.4 is 76.1 Å². The lowest BCUT2D eigenvalue weighted by molar-refractivity contribution is -0.133. The Morgan fingerprint density at radius 1 is 0.462 bits per heavy atom. The molecule has 0 spiro atoms. The highest BCUT2D eigenvalue weighted by molar-refractivity contribution is 6.32. The Labute approximate surface area is 767 Å². The summed E-state index contributed by atoms with van der Waals surface area (Å²) in [4.78, 5) is 189. The normalized spacial score (nSPS) is 20.3. The zero-order valence-corrected chi connectivity index (χ0v) is 74.6. The van der Waals surface area contributed by atoms with Crippen LogP contribution in [-0.4, -0.2) is 172 Å². The van der Waals surface area contributed by atoms with E-state index in [9.17, 15) is 77.2 Å². The molecule has 6 heterocycles. The third-order valence-corrected chi connectivity index (χ3v) is 25.4. The molecule has 34 nitrogen and oxygen atoms in total. The van der Waals surface area contributed by atoms with E-state index in [4.69, 9.17) is 67.6 Å². The zero-order chi connectivity index (χ0) is 93.2. The van der Waals surface area contributed by atoms with Gasteiger partial charge in [-0.2, -0.15) is 5.26 Å². The molecular weight excluding hydrogens is 1730 g/mol. The number of aliphatic carboxylic acids is 1. The standard InChI is InChI=1S/C24H29ClN4O4.C23H26ClN5O3.C22H30N4O5.C14H24N4O3.C10H7ClO2/c25-17-6-5-14-10-20(28-18(14)12-17)24(33)29-19(8-13-3-4-13)21(30)11-16(22(26)31)9-15-2-1-7-27-23(15)32;24-16-6-5-14-10-20(28-18(14)11-16)23(32)29-19(8-13-3-4-13)22(31)27-17(12-25)9-15-2-1-7-26-21(15)30;23-19(27)17(12-16-7-4-10-24-20(16)28)25-21(29)18(11-14-8-9-14)26-22(30)31-13-15-5-2-1-3-6-15;15-10(6-8-3-4-8)14(21)18-11(12(16)19)7-9-2-1-5-17-13(9)20;11-9-2-1-6-3-8(10(12)13)4-7(6)5-9/h5-6,10,12-13,15-16,19,28H,1-4,7-9,11H2,(H2,26,31)(H,27,32)(H,29,33);5-6,10-11,13,15,17,19,28H,1-4,7-9H2,(H,26,30)(H,27,31)(H,29,32);1-3,5-6,14,16-18H,4,7-13H2,(H2,23,27)(H,24,28)(H,25,29)(H,26,30);8-11H,1-7,15H2,(H2,16,19)(H,17,20)(H,18,21);1-3,5H,4H2,(H,12,13)/t15-,16+,19-;15-,17-,19-;16-,17-,18-;9-,10-,11-;/m0000./s1. The number of alkyl carbamates (subject to hydrolysis) is 1. The van der Waals surface area contributed by atoms with E-state index in [0.717, 1.165) is 116 Å². The summed E-state index contributed by atoms with van der Waals surface area (Å²) >= 11 is 17.8. The van der Waals surface area contributed by atoms with Crippen LogP contribution in [0.4, 0.5) is 4.79 Å². The Bertz CT molecular complexity index is 5200. The number of carbonyl (C=O) groups is 15. The number of hydrogen-bond acceptors (Lipinski definition) is 18. The highest BCUT2D eigenvalue weighted by atomic mass is 35.5. The summed E-state index contributed by atoms with van der Waals surface area (Å²) in [5.41, 5.74) is 27.6. The Morgan fingerprint density at radius 2 is 0.885 bits per heavy atom. The molecule has 13 amide bonds. The summed E-state index contributed by atoms with van der Waals surface area (Å²) < 4.78 is 5.22. The van der Waals surface area contributed by atoms with Gasteiger partial charge in [-0.1, -0.05) is 135 Å². The molecule has 130 heavy (non-hydrogen) atoms. The number of aromatic amines is 2. The molecule has 4 saturated heterocycles. The maximum Gasteiger partial charge on any atom is 0.408 e. The number of primary amides is 3. The van der Waals surface area contributed by atoms with Crippen LogP contribution in [-0.2, 0) is 75.3 Å². The van der Waals surface area contributed by atoms with Gasteiger partial charge in [-0.05, 0) is 198 Å². The van der Waals surface area contributed by atoms with Crippen LogP contribution in [0.1, 0.15) is 198 Å². The quantitative estimate of drug-likeness (QED) is 0.0179. The number of aromatic nitrogens is 2. The average molecular weight is 1850 g/mol. The topological polar surface area (TPSA) is 565 Å². The van der Waals surface area contributed by atoms with Gasteiger partial charge in [-0.15, -0.1) is 0 Å². The molecule has 21 N–H and O–H groups in total. The lowest BCUT2D eigenvalue weighted by Gasteiger charge is -2.26. The molecule has 4 aliphatic heterocycles. The predicted octanol–water partition coefficient (Wildman–Crippen LogP) is 7.67. The minimum atomic E-state index is -0.981. The number of H-pyrrole nitrogens is 2. The fourth-order valence-corrected chi connectivity index (χ4v) is 17.0. The number of Topliss-reactive ketones (excluding diaryl/α,β-unsaturated/α-hetero) is 1. The van der Waals surface area contributed by atoms with Crippen molar-refractivity contribution in [3.63, 3.8) is 0 Å². The summed E-state index contributed by atoms with van der Waals surface area (Å²) in [6, 6.07) is 25.2. The van der Waals surface area contributed by atoms with Gasteiger partial charge < -0.3 is 95.9 Å². The van der Waals surface area contributed by atoms with Crippen LogP contribution in [0.15, 0.2) is 103 Å². The fourth-order valence-electron chi connectivity index (χ4n) is 16.5. The molecular formula is C93H116Cl3N17O17. The first-order valence-electron chi connectivity index (χ1n) is 44.7. The van der Waals surface area contributed by atoms with E-state index in [1.807, 2.05) is 54.6 Å². The third-order valence-electron chi connectivity index (χ3n) is 24.7. The SMILES string of the molecule is N#C[C@H](C[C@@H]1CCCNC1=O)NC(=O)[C@H](CC1CC1)NC(=O)c1cc2ccc(Cl)cc2[nH]1.NC(=O)[C@@H](CC(=O)[C@H](CC1CC1)NC(=O)c1cc2ccc(Cl)cc2[nH]1)C[C@@H]1CCCNC1=O.NC(=O)[C@H](C[C@@H]1CCCNC1=O)NC(=O)[C@@H](N)CC1CC1.NC(=O)[C@H](C[C@@H]1CCCNC1=O)NC(=O)[C@H](CC1CC1)NC(=O)OCc1ccccc1.O=C(O)C1=Cc2ccc(Cl)cc2C1. The van der Waals surface area contributed by atoms with Crippen LogP contribution in [0.25, 0.3) is 27.9 Å². The number of fused-ring (bicyclic) bond motifs is 3. The molecule has 6 aromatic rings. The van der Waals surface area contributed by atoms with E-state index in [0.29, 0.717) is 140 Å². The number of nitrogens with one attached hydrogen (secondary N) is 12. The fraction of sp³-hybridized carbons (Fsp3) is 0.505. The van der Waals surface area contributed by atoms with Crippen molar-refractivity contribution in [2.45, 2.75) is 216 Å². The molecule has 4 saturated carbocycles. The summed E-state index contributed by atoms with van der Waals surface area (Å²) in [7, 11) is 0. The predicted molar refractivity (Wildman–Crippen MR) is 484 cm³/mol. The number of carbonyl (C=O) groups excluding carboxylic acids is 14. The first-order chi connectivity index (χ1) is 62.3. The van der Waals surface area contributed by atoms with Crippen molar-refractivity contribution in [3.8, 4) is 6.07 Å². The molecule has 2 aromatic heterocycles. The van der Waals surface area contributed by atoms with E-state index in [1.54, 1.807) is 48.5 Å². The summed E-state index contributed by atoms with van der Waals surface area (Å²) in [5, 5.41) is 49.1. The molecule has 9 aliphatic rings. The summed E-state index contributed by atoms with van der Waals surface area (Å²) in [5.74, 6) is -5.77. The number of nitrogens with zero attached hydrogens (tertiary/aromatic N) is 1. The van der Waals surface area contributed by atoms with E-state index >= 15 is 0 Å². The van der Waals surface area contributed by atoms with Crippen LogP contribution in [0, 0.1) is 64.6 Å². The van der Waals surface area contributed by atoms with Crippen molar-refractivity contribution in [2.75, 3.05) is 26.2 Å². The number of rotatable bonds is 36. The average Bonchev–Trinajstić information content (AvgIpc) is 1.66. The zero-order valence-electron chi connectivity index (χ0n) is 72.3. The number of nitriles is 1. The maximum atomic E-state index is 13.2. The molecule has 0 radical (unpaired) electrons. The highest BCUT2D eigenvalue weighted by Gasteiger charge is 2.40. The molecule has 37 heteroatoms. The molecule has 5 aliphatic carbocycles. The van der Waals surface area contributed by atoms with Crippen molar-refractivity contribution < 1.29 is 81.8 Å². The van der Waals surface area contributed by atoms with Crippen molar-refractivity contribution in [1.29, 1.82) is 5.26 Å². The first kappa shape index (κ1) is 98.7. The van der Waals surface area contributed by atoms with E-state index < -0.39 is 95.7 Å². The number of carboxylic acids is 1. The summed E-state index contributed by atoms with van der Waals surface area (Å²) in [6.07, 6.45) is 18.8. The van der Waals surface area contributed by atoms with Gasteiger partial charge in [0.05, 0.1) is 18.2 Å². The third kappa shape index (κ3) is 31.2. The van der Waals surface area contributed by atoms with Crippen LogP contribution in [0.3, 0.4) is 0 Å². The monoisotopic (exact) mass is 1850 g/mol. The summed E-state index contributed by atoms with van der Waals surface area (Å²) in [6.45, 7) is 2.64. The second-order valence-electron chi connectivity index (χ2n) is 35.3.